The number of aliphatic hydroxyl groups is 1. The Morgan fingerprint density at radius 2 is 2.07 bits per heavy atom. The van der Waals surface area contributed by atoms with Gasteiger partial charge >= 0.3 is 0 Å². The van der Waals surface area contributed by atoms with E-state index in [1.54, 1.807) is 23.1 Å². The van der Waals surface area contributed by atoms with Crippen molar-refractivity contribution < 1.29 is 9.63 Å². The summed E-state index contributed by atoms with van der Waals surface area (Å²) in [6, 6.07) is 4.58. The lowest BCUT2D eigenvalue weighted by molar-refractivity contribution is 0.232. The zero-order valence-corrected chi connectivity index (χ0v) is 25.6. The normalized spacial score (nSPS) is 22.4. The number of nitriles is 1. The number of anilines is 1. The van der Waals surface area contributed by atoms with E-state index in [0.717, 1.165) is 80.2 Å². The number of aromatic nitrogens is 7. The molecule has 44 heavy (non-hydrogen) atoms. The molecule has 12 nitrogen and oxygen atoms in total. The Morgan fingerprint density at radius 3 is 2.84 bits per heavy atom. The van der Waals surface area contributed by atoms with Gasteiger partial charge < -0.3 is 20.3 Å². The van der Waals surface area contributed by atoms with Crippen molar-refractivity contribution in [2.24, 2.45) is 0 Å². The van der Waals surface area contributed by atoms with E-state index in [2.05, 4.69) is 35.2 Å². The fraction of sp³-hybridized carbons (Fsp3) is 0.484. The molecule has 0 radical (unpaired) electrons. The minimum absolute atomic E-state index is 0.0779. The third-order valence-corrected chi connectivity index (χ3v) is 11.2. The maximum Gasteiger partial charge on any atom is 0.186 e. The van der Waals surface area contributed by atoms with Gasteiger partial charge in [0, 0.05) is 22.7 Å². The third kappa shape index (κ3) is 3.84. The molecule has 5 aromatic heterocycles. The van der Waals surface area contributed by atoms with Crippen LogP contribution in [-0.4, -0.2) is 64.3 Å². The third-order valence-electron chi connectivity index (χ3n) is 10.1. The van der Waals surface area contributed by atoms with Crippen molar-refractivity contribution in [2.45, 2.75) is 82.4 Å². The van der Waals surface area contributed by atoms with Gasteiger partial charge in [0.1, 0.15) is 11.1 Å². The Hall–Kier alpha value is -4.12. The molecule has 0 amide bonds. The molecule has 5 aromatic rings. The van der Waals surface area contributed by atoms with E-state index >= 15 is 0 Å². The fourth-order valence-corrected chi connectivity index (χ4v) is 9.20. The standard InChI is InChI=1S/C31H34N10O2S/c1-17(22-7-5-13-39(22)2)40-29-21(15-35-40)30(41-18(16-42)9-12-34-41)37-28(36-29)25-19-6-3-10-31(26(19)43-38-25)11-4-8-23-24(31)20(14-32)27(33)44-23/h9,12,15,17,22,42H,3-8,10-11,13,16,33H2,1-2H3. The summed E-state index contributed by atoms with van der Waals surface area (Å²) in [6.07, 6.45) is 11.1. The zero-order chi connectivity index (χ0) is 30.2. The van der Waals surface area contributed by atoms with E-state index in [0.29, 0.717) is 45.3 Å². The number of nitrogens with two attached hydrogens (primary N) is 1. The van der Waals surface area contributed by atoms with Crippen LogP contribution in [0.3, 0.4) is 0 Å². The molecule has 1 fully saturated rings. The first-order valence-electron chi connectivity index (χ1n) is 15.4. The highest BCUT2D eigenvalue weighted by atomic mass is 32.1. The van der Waals surface area contributed by atoms with Crippen LogP contribution in [0.15, 0.2) is 23.0 Å². The van der Waals surface area contributed by atoms with Crippen molar-refractivity contribution in [1.82, 2.24) is 39.6 Å². The van der Waals surface area contributed by atoms with E-state index in [1.165, 1.54) is 16.2 Å². The predicted octanol–water partition coefficient (Wildman–Crippen LogP) is 4.29. The number of aryl methyl sites for hydroxylation is 1. The highest BCUT2D eigenvalue weighted by Crippen LogP contribution is 2.55. The molecule has 13 heteroatoms. The van der Waals surface area contributed by atoms with E-state index in [1.807, 2.05) is 4.68 Å². The van der Waals surface area contributed by atoms with Crippen LogP contribution in [0.2, 0.25) is 0 Å². The number of fused-ring (bicyclic) bond motifs is 5. The lowest BCUT2D eigenvalue weighted by Crippen LogP contribution is -2.35. The maximum absolute atomic E-state index is 10.1. The summed E-state index contributed by atoms with van der Waals surface area (Å²) < 4.78 is 9.92. The van der Waals surface area contributed by atoms with Gasteiger partial charge in [-0.25, -0.2) is 19.3 Å². The smallest absolute Gasteiger partial charge is 0.186 e. The van der Waals surface area contributed by atoms with E-state index in [9.17, 15) is 10.4 Å². The van der Waals surface area contributed by atoms with Crippen LogP contribution in [0.25, 0.3) is 28.4 Å². The Labute approximate surface area is 258 Å². The molecule has 1 saturated heterocycles. The van der Waals surface area contributed by atoms with E-state index in [4.69, 9.17) is 25.3 Å². The lowest BCUT2D eigenvalue weighted by Gasteiger charge is -2.39. The number of likely N-dealkylation sites (tertiary alicyclic amines) is 1. The summed E-state index contributed by atoms with van der Waals surface area (Å²) in [5.74, 6) is 1.78. The SMILES string of the molecule is CC(C1CCCN1C)n1ncc2c(-n3nccc3CO)nc(-c3noc4c3CCCC43CCCc4sc(N)c(C#N)c43)nc21. The molecule has 0 saturated carbocycles. The fourth-order valence-electron chi connectivity index (χ4n) is 8.04. The Bertz CT molecular complexity index is 1940. The zero-order valence-electron chi connectivity index (χ0n) is 24.8. The molecule has 3 N–H and O–H groups in total. The second-order valence-corrected chi connectivity index (χ2v) is 13.5. The average Bonchev–Trinajstić information content (AvgIpc) is 3.86. The predicted molar refractivity (Wildman–Crippen MR) is 164 cm³/mol. The number of nitrogen functional groups attached to an aromatic ring is 1. The van der Waals surface area contributed by atoms with Crippen LogP contribution in [0.4, 0.5) is 5.00 Å². The van der Waals surface area contributed by atoms with E-state index < -0.39 is 5.41 Å². The monoisotopic (exact) mass is 610 g/mol. The molecule has 0 bridgehead atoms. The highest BCUT2D eigenvalue weighted by Gasteiger charge is 2.49. The molecule has 6 heterocycles. The number of hydrogen-bond acceptors (Lipinski definition) is 11. The molecular weight excluding hydrogens is 576 g/mol. The number of hydrogen-bond donors (Lipinski definition) is 2. The van der Waals surface area contributed by atoms with Crippen LogP contribution in [0, 0.1) is 11.3 Å². The van der Waals surface area contributed by atoms with Crippen molar-refractivity contribution in [3.63, 3.8) is 0 Å². The van der Waals surface area contributed by atoms with Gasteiger partial charge in [0.25, 0.3) is 0 Å². The summed E-state index contributed by atoms with van der Waals surface area (Å²) >= 11 is 1.53. The van der Waals surface area contributed by atoms with Gasteiger partial charge in [0.2, 0.25) is 0 Å². The number of rotatable bonds is 5. The molecular formula is C31H34N10O2S. The van der Waals surface area contributed by atoms with Gasteiger partial charge in [-0.2, -0.15) is 15.5 Å². The number of aliphatic hydroxyl groups excluding tert-OH is 1. The van der Waals surface area contributed by atoms with Crippen molar-refractivity contribution in [3.05, 3.63) is 51.5 Å². The number of likely N-dealkylation sites (N-methyl/N-ethyl adjacent to an activating group) is 1. The molecule has 1 spiro atoms. The molecule has 2 aliphatic carbocycles. The lowest BCUT2D eigenvalue weighted by atomic mass is 9.63. The first-order valence-corrected chi connectivity index (χ1v) is 16.2. The van der Waals surface area contributed by atoms with Gasteiger partial charge in [0.05, 0.1) is 40.9 Å². The highest BCUT2D eigenvalue weighted by molar-refractivity contribution is 7.16. The summed E-state index contributed by atoms with van der Waals surface area (Å²) in [4.78, 5) is 13.7. The quantitative estimate of drug-likeness (QED) is 0.294. The second kappa shape index (κ2) is 10.2. The summed E-state index contributed by atoms with van der Waals surface area (Å²) in [5.41, 5.74) is 10.4. The van der Waals surface area contributed by atoms with Crippen molar-refractivity contribution >= 4 is 27.4 Å². The maximum atomic E-state index is 10.1. The summed E-state index contributed by atoms with van der Waals surface area (Å²) in [7, 11) is 2.16. The van der Waals surface area contributed by atoms with Gasteiger partial charge in [-0.1, -0.05) is 5.16 Å². The van der Waals surface area contributed by atoms with E-state index in [-0.39, 0.29) is 12.6 Å². The van der Waals surface area contributed by atoms with Crippen molar-refractivity contribution in [2.75, 3.05) is 19.3 Å². The molecule has 3 aliphatic rings. The van der Waals surface area contributed by atoms with Crippen LogP contribution >= 0.6 is 11.3 Å². The average molecular weight is 611 g/mol. The minimum atomic E-state index is -0.437. The number of thiophene rings is 1. The van der Waals surface area contributed by atoms with Crippen molar-refractivity contribution in [3.8, 4) is 23.4 Å². The van der Waals surface area contributed by atoms with Crippen LogP contribution in [-0.2, 0) is 24.9 Å². The first kappa shape index (κ1) is 27.4. The molecule has 8 rings (SSSR count). The first-order chi connectivity index (χ1) is 21.4. The van der Waals surface area contributed by atoms with Crippen molar-refractivity contribution in [1.29, 1.82) is 5.26 Å². The molecule has 0 aromatic carbocycles. The molecule has 226 valence electrons. The van der Waals surface area contributed by atoms with Crippen LogP contribution in [0.5, 0.6) is 0 Å². The molecule has 1 aliphatic heterocycles. The van der Waals surface area contributed by atoms with Gasteiger partial charge in [-0.3, -0.25) is 0 Å². The second-order valence-electron chi connectivity index (χ2n) is 12.4. The van der Waals surface area contributed by atoms with Crippen LogP contribution in [0.1, 0.15) is 84.5 Å². The van der Waals surface area contributed by atoms with Gasteiger partial charge in [-0.05, 0) is 83.5 Å². The van der Waals surface area contributed by atoms with Gasteiger partial charge in [-0.15, -0.1) is 11.3 Å². The largest absolute Gasteiger partial charge is 0.390 e. The van der Waals surface area contributed by atoms with Crippen LogP contribution < -0.4 is 5.73 Å². The minimum Gasteiger partial charge on any atom is -0.390 e. The Morgan fingerprint density at radius 1 is 1.23 bits per heavy atom. The molecule has 3 atom stereocenters. The molecule has 3 unspecified atom stereocenters. The van der Waals surface area contributed by atoms with Gasteiger partial charge in [0.15, 0.2) is 28.7 Å². The Kier molecular flexibility index (Phi) is 6.37. The summed E-state index contributed by atoms with van der Waals surface area (Å²) in [5, 5.41) is 35.5. The summed E-state index contributed by atoms with van der Waals surface area (Å²) in [6.45, 7) is 3.06. The number of nitrogens with zero attached hydrogens (tertiary/aromatic N) is 9. The Balaban J connectivity index is 1.33. The topological polar surface area (TPSA) is 161 Å².